The Balaban J connectivity index is 2.11. The van der Waals surface area contributed by atoms with E-state index in [0.717, 1.165) is 21.3 Å². The molecule has 1 atom stereocenters. The van der Waals surface area contributed by atoms with Gasteiger partial charge in [-0.3, -0.25) is 0 Å². The molecule has 2 rings (SSSR count). The van der Waals surface area contributed by atoms with Crippen molar-refractivity contribution in [2.75, 3.05) is 7.11 Å². The molecule has 1 aromatic carbocycles. The highest BCUT2D eigenvalue weighted by molar-refractivity contribution is 9.10. The third-order valence-corrected chi connectivity index (χ3v) is 3.89. The van der Waals surface area contributed by atoms with Gasteiger partial charge in [0.15, 0.2) is 0 Å². The maximum atomic E-state index is 10.0. The molecule has 0 saturated carbocycles. The number of hydrogen-bond donors (Lipinski definition) is 1. The van der Waals surface area contributed by atoms with Crippen LogP contribution in [0.3, 0.4) is 0 Å². The number of thiophene rings is 1. The minimum absolute atomic E-state index is 0.443. The Kier molecular flexibility index (Phi) is 4.20. The van der Waals surface area contributed by atoms with E-state index in [4.69, 9.17) is 4.74 Å². The minimum Gasteiger partial charge on any atom is -0.496 e. The van der Waals surface area contributed by atoms with E-state index in [1.807, 2.05) is 35.0 Å². The van der Waals surface area contributed by atoms with Crippen molar-refractivity contribution in [3.05, 3.63) is 50.6 Å². The van der Waals surface area contributed by atoms with Crippen LogP contribution < -0.4 is 4.74 Å². The SMILES string of the molecule is COc1ccc(CC(O)c2ccsc2)cc1Br. The highest BCUT2D eigenvalue weighted by atomic mass is 79.9. The van der Waals surface area contributed by atoms with Crippen LogP contribution in [0.25, 0.3) is 0 Å². The summed E-state index contributed by atoms with van der Waals surface area (Å²) in [5, 5.41) is 14.0. The molecule has 0 radical (unpaired) electrons. The molecule has 1 heterocycles. The fraction of sp³-hybridized carbons (Fsp3) is 0.231. The summed E-state index contributed by atoms with van der Waals surface area (Å²) in [6.45, 7) is 0. The monoisotopic (exact) mass is 312 g/mol. The molecule has 90 valence electrons. The fourth-order valence-corrected chi connectivity index (χ4v) is 2.94. The Morgan fingerprint density at radius 3 is 2.82 bits per heavy atom. The Morgan fingerprint density at radius 1 is 1.41 bits per heavy atom. The summed E-state index contributed by atoms with van der Waals surface area (Å²) in [7, 11) is 1.64. The maximum absolute atomic E-state index is 10.0. The van der Waals surface area contributed by atoms with Gasteiger partial charge < -0.3 is 9.84 Å². The van der Waals surface area contributed by atoms with Gasteiger partial charge in [-0.25, -0.2) is 0 Å². The van der Waals surface area contributed by atoms with E-state index >= 15 is 0 Å². The molecule has 1 unspecified atom stereocenters. The first-order valence-corrected chi connectivity index (χ1v) is 6.97. The van der Waals surface area contributed by atoms with Crippen molar-refractivity contribution >= 4 is 27.3 Å². The number of benzene rings is 1. The van der Waals surface area contributed by atoms with Crippen molar-refractivity contribution < 1.29 is 9.84 Å². The molecule has 17 heavy (non-hydrogen) atoms. The Morgan fingerprint density at radius 2 is 2.24 bits per heavy atom. The quantitative estimate of drug-likeness (QED) is 0.930. The van der Waals surface area contributed by atoms with Crippen LogP contribution in [-0.2, 0) is 6.42 Å². The van der Waals surface area contributed by atoms with E-state index in [9.17, 15) is 5.11 Å². The van der Waals surface area contributed by atoms with Crippen LogP contribution >= 0.6 is 27.3 Å². The van der Waals surface area contributed by atoms with E-state index in [0.29, 0.717) is 6.42 Å². The van der Waals surface area contributed by atoms with Crippen LogP contribution in [0.5, 0.6) is 5.75 Å². The number of aliphatic hydroxyl groups excluding tert-OH is 1. The van der Waals surface area contributed by atoms with E-state index in [2.05, 4.69) is 15.9 Å². The van der Waals surface area contributed by atoms with Gasteiger partial charge in [-0.2, -0.15) is 11.3 Å². The van der Waals surface area contributed by atoms with Crippen LogP contribution in [0.2, 0.25) is 0 Å². The predicted octanol–water partition coefficient (Wildman–Crippen LogP) is 3.80. The Bertz CT molecular complexity index is 482. The minimum atomic E-state index is -0.443. The van der Waals surface area contributed by atoms with Crippen molar-refractivity contribution in [3.8, 4) is 5.75 Å². The van der Waals surface area contributed by atoms with Crippen molar-refractivity contribution in [1.82, 2.24) is 0 Å². The van der Waals surface area contributed by atoms with Gasteiger partial charge in [0.2, 0.25) is 0 Å². The molecule has 0 saturated heterocycles. The zero-order valence-corrected chi connectivity index (χ0v) is 11.8. The van der Waals surface area contributed by atoms with Gasteiger partial charge in [-0.1, -0.05) is 6.07 Å². The molecule has 0 aliphatic rings. The molecule has 0 aliphatic carbocycles. The normalized spacial score (nSPS) is 12.4. The second kappa shape index (κ2) is 5.67. The lowest BCUT2D eigenvalue weighted by atomic mass is 10.0. The molecular formula is C13H13BrO2S. The summed E-state index contributed by atoms with van der Waals surface area (Å²) in [6.07, 6.45) is 0.167. The Labute approximate surface area is 113 Å². The summed E-state index contributed by atoms with van der Waals surface area (Å²) in [6, 6.07) is 7.81. The topological polar surface area (TPSA) is 29.5 Å². The average molecular weight is 313 g/mol. The van der Waals surface area contributed by atoms with E-state index < -0.39 is 6.10 Å². The summed E-state index contributed by atoms with van der Waals surface area (Å²) in [5.74, 6) is 0.804. The summed E-state index contributed by atoms with van der Waals surface area (Å²) < 4.78 is 6.08. The fourth-order valence-electron chi connectivity index (χ4n) is 1.64. The second-order valence-electron chi connectivity index (χ2n) is 3.75. The number of ether oxygens (including phenoxy) is 1. The highest BCUT2D eigenvalue weighted by Gasteiger charge is 2.10. The second-order valence-corrected chi connectivity index (χ2v) is 5.38. The van der Waals surface area contributed by atoms with Gasteiger partial charge in [-0.05, 0) is 56.0 Å². The molecule has 2 aromatic rings. The van der Waals surface area contributed by atoms with E-state index in [1.165, 1.54) is 0 Å². The van der Waals surface area contributed by atoms with Crippen molar-refractivity contribution in [2.45, 2.75) is 12.5 Å². The number of aliphatic hydroxyl groups is 1. The van der Waals surface area contributed by atoms with Crippen LogP contribution in [0.15, 0.2) is 39.5 Å². The summed E-state index contributed by atoms with van der Waals surface area (Å²) in [5.41, 5.74) is 2.05. The van der Waals surface area contributed by atoms with Gasteiger partial charge in [0, 0.05) is 6.42 Å². The van der Waals surface area contributed by atoms with Crippen molar-refractivity contribution in [2.24, 2.45) is 0 Å². The zero-order valence-electron chi connectivity index (χ0n) is 9.39. The van der Waals surface area contributed by atoms with Gasteiger partial charge in [0.05, 0.1) is 17.7 Å². The number of hydrogen-bond acceptors (Lipinski definition) is 3. The van der Waals surface area contributed by atoms with Gasteiger partial charge in [-0.15, -0.1) is 0 Å². The molecule has 0 spiro atoms. The van der Waals surface area contributed by atoms with Crippen LogP contribution in [0.1, 0.15) is 17.2 Å². The molecule has 0 fully saturated rings. The molecule has 1 N–H and O–H groups in total. The molecule has 1 aromatic heterocycles. The molecule has 2 nitrogen and oxygen atoms in total. The van der Waals surface area contributed by atoms with Gasteiger partial charge in [0.1, 0.15) is 5.75 Å². The third-order valence-electron chi connectivity index (χ3n) is 2.57. The largest absolute Gasteiger partial charge is 0.496 e. The maximum Gasteiger partial charge on any atom is 0.133 e. The summed E-state index contributed by atoms with van der Waals surface area (Å²) >= 11 is 5.04. The first-order chi connectivity index (χ1) is 8.20. The molecular weight excluding hydrogens is 300 g/mol. The average Bonchev–Trinajstić information content (AvgIpc) is 2.82. The van der Waals surface area contributed by atoms with Crippen molar-refractivity contribution in [1.29, 1.82) is 0 Å². The van der Waals surface area contributed by atoms with Gasteiger partial charge in [0.25, 0.3) is 0 Å². The Hall–Kier alpha value is -0.840. The standard InChI is InChI=1S/C13H13BrO2S/c1-16-13-3-2-9(6-11(13)14)7-12(15)10-4-5-17-8-10/h2-6,8,12,15H,7H2,1H3. The van der Waals surface area contributed by atoms with E-state index in [-0.39, 0.29) is 0 Å². The number of halogens is 1. The third kappa shape index (κ3) is 3.09. The molecule has 0 amide bonds. The molecule has 4 heteroatoms. The van der Waals surface area contributed by atoms with E-state index in [1.54, 1.807) is 18.4 Å². The number of rotatable bonds is 4. The molecule has 0 aliphatic heterocycles. The van der Waals surface area contributed by atoms with Crippen LogP contribution in [-0.4, -0.2) is 12.2 Å². The molecule has 0 bridgehead atoms. The first kappa shape index (κ1) is 12.6. The van der Waals surface area contributed by atoms with Gasteiger partial charge >= 0.3 is 0 Å². The van der Waals surface area contributed by atoms with Crippen LogP contribution in [0.4, 0.5) is 0 Å². The predicted molar refractivity (Wildman–Crippen MR) is 73.7 cm³/mol. The smallest absolute Gasteiger partial charge is 0.133 e. The number of methoxy groups -OCH3 is 1. The lowest BCUT2D eigenvalue weighted by Gasteiger charge is -2.10. The lowest BCUT2D eigenvalue weighted by Crippen LogP contribution is -2.00. The highest BCUT2D eigenvalue weighted by Crippen LogP contribution is 2.28. The van der Waals surface area contributed by atoms with Crippen LogP contribution in [0, 0.1) is 0 Å². The summed E-state index contributed by atoms with van der Waals surface area (Å²) in [4.78, 5) is 0. The first-order valence-electron chi connectivity index (χ1n) is 5.23. The lowest BCUT2D eigenvalue weighted by molar-refractivity contribution is 0.179. The van der Waals surface area contributed by atoms with Crippen molar-refractivity contribution in [3.63, 3.8) is 0 Å². The zero-order chi connectivity index (χ0) is 12.3.